The van der Waals surface area contributed by atoms with Crippen molar-refractivity contribution in [3.63, 3.8) is 0 Å². The second-order valence-corrected chi connectivity index (χ2v) is 8.02. The minimum absolute atomic E-state index is 0.0501. The molecular weight excluding hydrogens is 393 g/mol. The third-order valence-electron chi connectivity index (χ3n) is 3.86. The highest BCUT2D eigenvalue weighted by Crippen LogP contribution is 2.21. The first-order valence-electron chi connectivity index (χ1n) is 7.95. The number of aromatic nitrogens is 3. The third-order valence-corrected chi connectivity index (χ3v) is 5.67. The van der Waals surface area contributed by atoms with Gasteiger partial charge in [-0.2, -0.15) is 22.5 Å². The summed E-state index contributed by atoms with van der Waals surface area (Å²) in [6.45, 7) is -0.135. The molecular formula is C17H17ClFN5O2S. The Hall–Kier alpha value is -2.33. The Balaban J connectivity index is 1.69. The zero-order valence-corrected chi connectivity index (χ0v) is 16.0. The van der Waals surface area contributed by atoms with Crippen LogP contribution in [0.3, 0.4) is 0 Å². The van der Waals surface area contributed by atoms with Crippen molar-refractivity contribution in [3.05, 3.63) is 77.0 Å². The molecule has 3 rings (SSSR count). The first-order valence-corrected chi connectivity index (χ1v) is 9.77. The van der Waals surface area contributed by atoms with Crippen molar-refractivity contribution in [2.75, 3.05) is 7.05 Å². The molecule has 2 heterocycles. The summed E-state index contributed by atoms with van der Waals surface area (Å²) in [4.78, 5) is 4.19. The number of halogens is 2. The van der Waals surface area contributed by atoms with Crippen molar-refractivity contribution in [1.82, 2.24) is 23.8 Å². The smallest absolute Gasteiger partial charge is 0.237 e. The molecule has 0 saturated heterocycles. The lowest BCUT2D eigenvalue weighted by atomic mass is 10.2. The van der Waals surface area contributed by atoms with E-state index in [0.29, 0.717) is 11.4 Å². The van der Waals surface area contributed by atoms with Crippen molar-refractivity contribution in [3.8, 4) is 5.82 Å². The SMILES string of the molecule is CN(Cc1c(F)cccc1Cl)S(=O)(=O)NCc1ccnc(-n2cccn2)c1. The summed E-state index contributed by atoms with van der Waals surface area (Å²) in [5, 5.41) is 4.26. The molecule has 27 heavy (non-hydrogen) atoms. The van der Waals surface area contributed by atoms with Crippen LogP contribution in [0, 0.1) is 5.82 Å². The van der Waals surface area contributed by atoms with E-state index in [1.165, 1.54) is 25.2 Å². The number of rotatable bonds is 7. The molecule has 10 heteroatoms. The van der Waals surface area contributed by atoms with Crippen molar-refractivity contribution >= 4 is 21.8 Å². The molecule has 0 aliphatic carbocycles. The first-order chi connectivity index (χ1) is 12.9. The van der Waals surface area contributed by atoms with Gasteiger partial charge in [-0.15, -0.1) is 0 Å². The Morgan fingerprint density at radius 2 is 2.07 bits per heavy atom. The van der Waals surface area contributed by atoms with Gasteiger partial charge in [-0.3, -0.25) is 0 Å². The fraction of sp³-hybridized carbons (Fsp3) is 0.176. The van der Waals surface area contributed by atoms with Crippen LogP contribution in [0.25, 0.3) is 5.82 Å². The summed E-state index contributed by atoms with van der Waals surface area (Å²) >= 11 is 5.97. The van der Waals surface area contributed by atoms with E-state index in [2.05, 4.69) is 14.8 Å². The van der Waals surface area contributed by atoms with E-state index in [9.17, 15) is 12.8 Å². The van der Waals surface area contributed by atoms with E-state index in [0.717, 1.165) is 4.31 Å². The number of pyridine rings is 1. The maximum atomic E-state index is 13.9. The maximum Gasteiger partial charge on any atom is 0.279 e. The molecule has 0 amide bonds. The van der Waals surface area contributed by atoms with Crippen molar-refractivity contribution < 1.29 is 12.8 Å². The van der Waals surface area contributed by atoms with Crippen LogP contribution in [0.1, 0.15) is 11.1 Å². The highest BCUT2D eigenvalue weighted by Gasteiger charge is 2.20. The molecule has 0 aliphatic heterocycles. The predicted molar refractivity (Wildman–Crippen MR) is 100.0 cm³/mol. The number of nitrogens with one attached hydrogen (secondary N) is 1. The molecule has 0 aliphatic rings. The van der Waals surface area contributed by atoms with Gasteiger partial charge in [-0.25, -0.2) is 14.1 Å². The van der Waals surface area contributed by atoms with Gasteiger partial charge < -0.3 is 0 Å². The standard InChI is InChI=1S/C17H17ClFN5O2S/c1-23(12-14-15(18)4-2-5-16(14)19)27(25,26)22-11-13-6-8-20-17(10-13)24-9-3-7-21-24/h2-10,22H,11-12H2,1H3. The molecule has 0 fully saturated rings. The average Bonchev–Trinajstić information content (AvgIpc) is 3.18. The van der Waals surface area contributed by atoms with Crippen molar-refractivity contribution in [2.45, 2.75) is 13.1 Å². The monoisotopic (exact) mass is 409 g/mol. The van der Waals surface area contributed by atoms with E-state index < -0.39 is 16.0 Å². The molecule has 0 bridgehead atoms. The molecule has 0 spiro atoms. The molecule has 2 aromatic heterocycles. The highest BCUT2D eigenvalue weighted by atomic mass is 35.5. The predicted octanol–water partition coefficient (Wildman–Crippen LogP) is 2.53. The highest BCUT2D eigenvalue weighted by molar-refractivity contribution is 7.87. The zero-order chi connectivity index (χ0) is 19.4. The van der Waals surface area contributed by atoms with Gasteiger partial charge in [-0.05, 0) is 35.9 Å². The van der Waals surface area contributed by atoms with Crippen LogP contribution in [-0.2, 0) is 23.3 Å². The quantitative estimate of drug-likeness (QED) is 0.650. The van der Waals surface area contributed by atoms with Crippen LogP contribution >= 0.6 is 11.6 Å². The Bertz CT molecular complexity index is 1010. The summed E-state index contributed by atoms with van der Waals surface area (Å²) in [5.41, 5.74) is 0.827. The van der Waals surface area contributed by atoms with Gasteiger partial charge in [-0.1, -0.05) is 17.7 Å². The molecule has 1 N–H and O–H groups in total. The average molecular weight is 410 g/mol. The number of benzene rings is 1. The fourth-order valence-electron chi connectivity index (χ4n) is 2.38. The summed E-state index contributed by atoms with van der Waals surface area (Å²) in [7, 11) is -2.49. The Morgan fingerprint density at radius 1 is 1.26 bits per heavy atom. The van der Waals surface area contributed by atoms with Gasteiger partial charge in [0, 0.05) is 49.3 Å². The van der Waals surface area contributed by atoms with E-state index >= 15 is 0 Å². The Labute approximate surface area is 161 Å². The van der Waals surface area contributed by atoms with Crippen molar-refractivity contribution in [2.24, 2.45) is 0 Å². The topological polar surface area (TPSA) is 80.1 Å². The molecule has 0 atom stereocenters. The van der Waals surface area contributed by atoms with Crippen LogP contribution in [0.15, 0.2) is 55.0 Å². The maximum absolute atomic E-state index is 13.9. The Morgan fingerprint density at radius 3 is 2.78 bits per heavy atom. The van der Waals surface area contributed by atoms with E-state index in [-0.39, 0.29) is 23.7 Å². The summed E-state index contributed by atoms with van der Waals surface area (Å²) in [5.74, 6) is 0.0192. The molecule has 0 saturated carbocycles. The number of hydrogen-bond acceptors (Lipinski definition) is 4. The lowest BCUT2D eigenvalue weighted by molar-refractivity contribution is 0.446. The van der Waals surface area contributed by atoms with E-state index in [4.69, 9.17) is 11.6 Å². The van der Waals surface area contributed by atoms with Gasteiger partial charge >= 0.3 is 0 Å². The largest absolute Gasteiger partial charge is 0.279 e. The van der Waals surface area contributed by atoms with Gasteiger partial charge in [0.25, 0.3) is 10.2 Å². The second kappa shape index (κ2) is 8.13. The molecule has 142 valence electrons. The molecule has 3 aromatic rings. The number of hydrogen-bond donors (Lipinski definition) is 1. The molecule has 7 nitrogen and oxygen atoms in total. The van der Waals surface area contributed by atoms with E-state index in [1.807, 2.05) is 0 Å². The lowest BCUT2D eigenvalue weighted by Crippen LogP contribution is -2.37. The van der Waals surface area contributed by atoms with Crippen molar-refractivity contribution in [1.29, 1.82) is 0 Å². The normalized spacial score (nSPS) is 11.9. The minimum atomic E-state index is -3.84. The lowest BCUT2D eigenvalue weighted by Gasteiger charge is -2.19. The summed E-state index contributed by atoms with van der Waals surface area (Å²) < 4.78 is 43.9. The molecule has 0 radical (unpaired) electrons. The van der Waals surface area contributed by atoms with E-state index in [1.54, 1.807) is 41.5 Å². The molecule has 0 unspecified atom stereocenters. The second-order valence-electron chi connectivity index (χ2n) is 5.76. The summed E-state index contributed by atoms with van der Waals surface area (Å²) in [6.07, 6.45) is 4.94. The molecule has 1 aromatic carbocycles. The van der Waals surface area contributed by atoms with Gasteiger partial charge in [0.15, 0.2) is 5.82 Å². The van der Waals surface area contributed by atoms with Crippen LogP contribution in [0.4, 0.5) is 4.39 Å². The van der Waals surface area contributed by atoms with Gasteiger partial charge in [0.2, 0.25) is 0 Å². The number of nitrogens with zero attached hydrogens (tertiary/aromatic N) is 4. The van der Waals surface area contributed by atoms with Crippen LogP contribution < -0.4 is 4.72 Å². The summed E-state index contributed by atoms with van der Waals surface area (Å²) in [6, 6.07) is 9.41. The van der Waals surface area contributed by atoms with Crippen LogP contribution in [-0.4, -0.2) is 34.5 Å². The fourth-order valence-corrected chi connectivity index (χ4v) is 3.47. The zero-order valence-electron chi connectivity index (χ0n) is 14.4. The van der Waals surface area contributed by atoms with Crippen LogP contribution in [0.2, 0.25) is 5.02 Å². The van der Waals surface area contributed by atoms with Gasteiger partial charge in [0.1, 0.15) is 5.82 Å². The first kappa shape index (κ1) is 19.4. The Kier molecular flexibility index (Phi) is 5.85. The third kappa shape index (κ3) is 4.69. The minimum Gasteiger partial charge on any atom is -0.237 e. The van der Waals surface area contributed by atoms with Crippen LogP contribution in [0.5, 0.6) is 0 Å². The van der Waals surface area contributed by atoms with Gasteiger partial charge in [0.05, 0.1) is 0 Å².